The molecule has 33 heavy (non-hydrogen) atoms. The Morgan fingerprint density at radius 2 is 2.00 bits per heavy atom. The van der Waals surface area contributed by atoms with E-state index in [0.29, 0.717) is 6.42 Å². The van der Waals surface area contributed by atoms with Crippen LogP contribution in [0.3, 0.4) is 0 Å². The lowest BCUT2D eigenvalue weighted by atomic mass is 9.89. The van der Waals surface area contributed by atoms with Gasteiger partial charge in [-0.25, -0.2) is 4.98 Å². The third-order valence-corrected chi connectivity index (χ3v) is 6.41. The molecule has 0 saturated carbocycles. The number of rotatable bonds is 10. The van der Waals surface area contributed by atoms with E-state index in [1.165, 1.54) is 11.1 Å². The molecule has 3 heterocycles. The Labute approximate surface area is 194 Å². The minimum Gasteiger partial charge on any atom is -0.481 e. The number of carboxylic acids is 1. The molecule has 0 unspecified atom stereocenters. The van der Waals surface area contributed by atoms with Crippen molar-refractivity contribution in [1.82, 2.24) is 9.97 Å². The number of fused-ring (bicyclic) bond motifs is 2. The maximum absolute atomic E-state index is 12.7. The lowest BCUT2D eigenvalue weighted by Gasteiger charge is -2.19. The summed E-state index contributed by atoms with van der Waals surface area (Å²) in [6, 6.07) is 11.9. The molecule has 4 rings (SSSR count). The van der Waals surface area contributed by atoms with E-state index >= 15 is 0 Å². The molecule has 2 N–H and O–H groups in total. The zero-order valence-electron chi connectivity index (χ0n) is 19.1. The number of nitrogens with zero attached hydrogens (tertiary/aromatic N) is 2. The van der Waals surface area contributed by atoms with Gasteiger partial charge < -0.3 is 10.4 Å². The van der Waals surface area contributed by atoms with Gasteiger partial charge in [0.1, 0.15) is 11.6 Å². The Balaban J connectivity index is 1.32. The molecule has 6 heteroatoms. The summed E-state index contributed by atoms with van der Waals surface area (Å²) in [6.45, 7) is 3.08. The third-order valence-electron chi connectivity index (χ3n) is 6.41. The highest BCUT2D eigenvalue weighted by molar-refractivity contribution is 5.82. The number of ketones is 1. The number of aliphatic carboxylic acids is 1. The first-order valence-electron chi connectivity index (χ1n) is 11.8. The lowest BCUT2D eigenvalue weighted by Crippen LogP contribution is -2.15. The van der Waals surface area contributed by atoms with Crippen molar-refractivity contribution >= 4 is 28.5 Å². The number of hydrogen-bond acceptors (Lipinski definition) is 5. The smallest absolute Gasteiger partial charge is 0.303 e. The monoisotopic (exact) mass is 445 g/mol. The molecule has 1 aromatic carbocycles. The van der Waals surface area contributed by atoms with Crippen molar-refractivity contribution in [2.24, 2.45) is 0 Å². The van der Waals surface area contributed by atoms with Gasteiger partial charge in [-0.2, -0.15) is 0 Å². The average Bonchev–Trinajstić information content (AvgIpc) is 2.81. The highest BCUT2D eigenvalue weighted by Crippen LogP contribution is 2.27. The van der Waals surface area contributed by atoms with Gasteiger partial charge in [0.05, 0.1) is 11.9 Å². The lowest BCUT2D eigenvalue weighted by molar-refractivity contribution is -0.137. The van der Waals surface area contributed by atoms with Gasteiger partial charge in [-0.1, -0.05) is 24.3 Å². The van der Waals surface area contributed by atoms with E-state index in [-0.39, 0.29) is 24.5 Å². The van der Waals surface area contributed by atoms with Crippen molar-refractivity contribution < 1.29 is 14.7 Å². The molecule has 0 saturated heterocycles. The van der Waals surface area contributed by atoms with Crippen molar-refractivity contribution in [1.29, 1.82) is 0 Å². The number of aryl methyl sites for hydroxylation is 3. The van der Waals surface area contributed by atoms with E-state index in [9.17, 15) is 14.7 Å². The highest BCUT2D eigenvalue weighted by Gasteiger charge is 2.20. The summed E-state index contributed by atoms with van der Waals surface area (Å²) in [5, 5.41) is 13.7. The summed E-state index contributed by atoms with van der Waals surface area (Å²) in [5.41, 5.74) is 5.29. The summed E-state index contributed by atoms with van der Waals surface area (Å²) in [7, 11) is 0. The standard InChI is InChI=1S/C27H31N3O3/c1-18-13-20-8-6-12-28-27(20)30-24(18)10-5-3-9-23(31)15-21(16-26(32)33)22-14-19-7-2-4-11-25(19)29-17-22/h2,4,7,11,13-14,17,21H,3,5-6,8-10,12,15-16H2,1H3,(H,28,30)(H,32,33)/t21-/m1/s1. The largest absolute Gasteiger partial charge is 0.481 e. The topological polar surface area (TPSA) is 92.2 Å². The molecular weight excluding hydrogens is 414 g/mol. The number of nitrogens with one attached hydrogen (secondary N) is 1. The molecule has 0 aliphatic carbocycles. The fourth-order valence-electron chi connectivity index (χ4n) is 4.61. The van der Waals surface area contributed by atoms with E-state index in [2.05, 4.69) is 23.3 Å². The van der Waals surface area contributed by atoms with Crippen LogP contribution in [0, 0.1) is 6.92 Å². The molecule has 172 valence electrons. The fraction of sp³-hybridized carbons (Fsp3) is 0.407. The summed E-state index contributed by atoms with van der Waals surface area (Å²) in [4.78, 5) is 33.4. The molecular formula is C27H31N3O3. The number of unbranched alkanes of at least 4 members (excludes halogenated alkanes) is 1. The summed E-state index contributed by atoms with van der Waals surface area (Å²) in [5.74, 6) is -0.143. The molecule has 6 nitrogen and oxygen atoms in total. The third kappa shape index (κ3) is 5.95. The molecule has 3 aromatic rings. The van der Waals surface area contributed by atoms with Crippen LogP contribution in [0.5, 0.6) is 0 Å². The van der Waals surface area contributed by atoms with Crippen molar-refractivity contribution in [2.75, 3.05) is 11.9 Å². The Hall–Kier alpha value is -3.28. The van der Waals surface area contributed by atoms with Crippen LogP contribution in [0.25, 0.3) is 10.9 Å². The number of carbonyl (C=O) groups excluding carboxylic acids is 1. The Morgan fingerprint density at radius 1 is 1.15 bits per heavy atom. The van der Waals surface area contributed by atoms with E-state index in [4.69, 9.17) is 4.98 Å². The van der Waals surface area contributed by atoms with Gasteiger partial charge in [-0.15, -0.1) is 0 Å². The number of aromatic nitrogens is 2. The van der Waals surface area contributed by atoms with Crippen LogP contribution in [0.2, 0.25) is 0 Å². The molecule has 1 aliphatic rings. The number of anilines is 1. The number of Topliss-reactive ketones (excluding diaryl/α,β-unsaturated/α-hetero) is 1. The van der Waals surface area contributed by atoms with Crippen LogP contribution in [-0.2, 0) is 22.4 Å². The SMILES string of the molecule is Cc1cc2c(nc1CCCCC(=O)C[C@H](CC(=O)O)c1cnc3ccccc3c1)NCCC2. The summed E-state index contributed by atoms with van der Waals surface area (Å²) >= 11 is 0. The van der Waals surface area contributed by atoms with Crippen molar-refractivity contribution in [3.63, 3.8) is 0 Å². The van der Waals surface area contributed by atoms with Crippen LogP contribution >= 0.6 is 0 Å². The molecule has 1 atom stereocenters. The van der Waals surface area contributed by atoms with Gasteiger partial charge >= 0.3 is 5.97 Å². The van der Waals surface area contributed by atoms with Crippen LogP contribution in [0.4, 0.5) is 5.82 Å². The first-order valence-corrected chi connectivity index (χ1v) is 11.8. The average molecular weight is 446 g/mol. The van der Waals surface area contributed by atoms with Gasteiger partial charge in [-0.3, -0.25) is 14.6 Å². The number of para-hydroxylation sites is 1. The van der Waals surface area contributed by atoms with E-state index < -0.39 is 5.97 Å². The van der Waals surface area contributed by atoms with Gasteiger partial charge in [0.15, 0.2) is 0 Å². The minimum atomic E-state index is -0.900. The maximum Gasteiger partial charge on any atom is 0.303 e. The van der Waals surface area contributed by atoms with Gasteiger partial charge in [-0.05, 0) is 67.9 Å². The second-order valence-corrected chi connectivity index (χ2v) is 9.00. The van der Waals surface area contributed by atoms with Crippen LogP contribution in [0.15, 0.2) is 42.6 Å². The zero-order chi connectivity index (χ0) is 23.2. The second kappa shape index (κ2) is 10.6. The molecule has 0 spiro atoms. The van der Waals surface area contributed by atoms with E-state index in [1.54, 1.807) is 6.20 Å². The second-order valence-electron chi connectivity index (χ2n) is 9.00. The van der Waals surface area contributed by atoms with Crippen LogP contribution in [0.1, 0.15) is 66.8 Å². The number of carbonyl (C=O) groups is 2. The Morgan fingerprint density at radius 3 is 2.85 bits per heavy atom. The first-order chi connectivity index (χ1) is 16.0. The number of carboxylic acid groups (broad SMARTS) is 1. The molecule has 0 radical (unpaired) electrons. The Kier molecular flexibility index (Phi) is 7.33. The van der Waals surface area contributed by atoms with Crippen LogP contribution in [-0.4, -0.2) is 33.4 Å². The normalized spacial score (nSPS) is 13.8. The number of benzene rings is 1. The first kappa shape index (κ1) is 22.9. The quantitative estimate of drug-likeness (QED) is 0.415. The molecule has 1 aliphatic heterocycles. The molecule has 0 fully saturated rings. The van der Waals surface area contributed by atoms with Crippen LogP contribution < -0.4 is 5.32 Å². The zero-order valence-corrected chi connectivity index (χ0v) is 19.1. The van der Waals surface area contributed by atoms with E-state index in [0.717, 1.165) is 66.6 Å². The van der Waals surface area contributed by atoms with Crippen molar-refractivity contribution in [3.8, 4) is 0 Å². The predicted molar refractivity (Wildman–Crippen MR) is 130 cm³/mol. The molecule has 2 aromatic heterocycles. The summed E-state index contributed by atoms with van der Waals surface area (Å²) in [6.07, 6.45) is 7.06. The van der Waals surface area contributed by atoms with E-state index in [1.807, 2.05) is 30.3 Å². The number of pyridine rings is 2. The van der Waals surface area contributed by atoms with Gasteiger partial charge in [0.2, 0.25) is 0 Å². The van der Waals surface area contributed by atoms with Gasteiger partial charge in [0, 0.05) is 42.6 Å². The summed E-state index contributed by atoms with van der Waals surface area (Å²) < 4.78 is 0. The Bertz CT molecular complexity index is 1160. The predicted octanol–water partition coefficient (Wildman–Crippen LogP) is 5.23. The minimum absolute atomic E-state index is 0.0724. The van der Waals surface area contributed by atoms with Crippen molar-refractivity contribution in [2.45, 2.75) is 64.2 Å². The van der Waals surface area contributed by atoms with Crippen molar-refractivity contribution in [3.05, 3.63) is 65.0 Å². The van der Waals surface area contributed by atoms with Gasteiger partial charge in [0.25, 0.3) is 0 Å². The molecule has 0 bridgehead atoms. The number of hydrogen-bond donors (Lipinski definition) is 2. The molecule has 0 amide bonds. The maximum atomic E-state index is 12.7. The fourth-order valence-corrected chi connectivity index (χ4v) is 4.61. The highest BCUT2D eigenvalue weighted by atomic mass is 16.4.